The number of anilines is 1. The second kappa shape index (κ2) is 12.3. The van der Waals surface area contributed by atoms with Gasteiger partial charge in [-0.25, -0.2) is 10.3 Å². The van der Waals surface area contributed by atoms with Gasteiger partial charge in [-0.15, -0.1) is 0 Å². The maximum atomic E-state index is 12.7. The van der Waals surface area contributed by atoms with Crippen LogP contribution in [-0.2, 0) is 9.53 Å². The van der Waals surface area contributed by atoms with Crippen molar-refractivity contribution in [2.24, 2.45) is 0 Å². The highest BCUT2D eigenvalue weighted by Crippen LogP contribution is 2.35. The second-order valence-electron chi connectivity index (χ2n) is 7.01. The molecule has 0 saturated carbocycles. The molecule has 0 radical (unpaired) electrons. The summed E-state index contributed by atoms with van der Waals surface area (Å²) in [6.07, 6.45) is 3.09. The lowest BCUT2D eigenvalue weighted by Gasteiger charge is -2.21. The van der Waals surface area contributed by atoms with Crippen molar-refractivity contribution in [3.63, 3.8) is 0 Å². The molecule has 33 heavy (non-hydrogen) atoms. The molecule has 176 valence electrons. The first-order chi connectivity index (χ1) is 16.1. The lowest BCUT2D eigenvalue weighted by molar-refractivity contribution is -0.124. The molecule has 4 N–H and O–H groups in total. The summed E-state index contributed by atoms with van der Waals surface area (Å²) in [5, 5.41) is 20.3. The summed E-state index contributed by atoms with van der Waals surface area (Å²) in [5.41, 5.74) is 2.67. The standard InChI is InChI=1S/C23H26N2O8/c26-12-13-30-18-7-5-4-6-17(18)19(8-2-1-3-9-22(27)25-29)33-23(28)24-16-10-11-20-21(14-16)32-15-31-20/h3-7,9-11,14,19,26,29H,1-2,8,12-13,15H2,(H,24,28)(H,25,27)/b9-3+/t19-/m1/s1. The van der Waals surface area contributed by atoms with E-state index >= 15 is 0 Å². The maximum Gasteiger partial charge on any atom is 0.412 e. The molecule has 0 fully saturated rings. The number of amides is 2. The highest BCUT2D eigenvalue weighted by molar-refractivity contribution is 5.86. The van der Waals surface area contributed by atoms with Crippen molar-refractivity contribution in [2.45, 2.75) is 25.4 Å². The van der Waals surface area contributed by atoms with Gasteiger partial charge in [0.1, 0.15) is 18.5 Å². The highest BCUT2D eigenvalue weighted by Gasteiger charge is 2.21. The van der Waals surface area contributed by atoms with Crippen molar-refractivity contribution in [3.05, 3.63) is 60.2 Å². The Morgan fingerprint density at radius 1 is 1.15 bits per heavy atom. The van der Waals surface area contributed by atoms with E-state index in [9.17, 15) is 9.59 Å². The molecule has 0 unspecified atom stereocenters. The van der Waals surface area contributed by atoms with Gasteiger partial charge in [-0.1, -0.05) is 24.3 Å². The van der Waals surface area contributed by atoms with E-state index in [1.165, 1.54) is 11.6 Å². The zero-order chi connectivity index (χ0) is 23.5. The van der Waals surface area contributed by atoms with Crippen LogP contribution in [0.5, 0.6) is 17.2 Å². The molecular formula is C23H26N2O8. The number of fused-ring (bicyclic) bond motifs is 1. The highest BCUT2D eigenvalue weighted by atomic mass is 16.7. The van der Waals surface area contributed by atoms with Crippen LogP contribution in [0.4, 0.5) is 10.5 Å². The summed E-state index contributed by atoms with van der Waals surface area (Å²) in [4.78, 5) is 23.7. The van der Waals surface area contributed by atoms with Crippen LogP contribution in [0.3, 0.4) is 0 Å². The smallest absolute Gasteiger partial charge is 0.412 e. The first-order valence-corrected chi connectivity index (χ1v) is 10.4. The minimum Gasteiger partial charge on any atom is -0.491 e. The first kappa shape index (κ1) is 23.9. The van der Waals surface area contributed by atoms with Gasteiger partial charge in [0, 0.05) is 23.4 Å². The lowest BCUT2D eigenvalue weighted by Crippen LogP contribution is -2.18. The monoisotopic (exact) mass is 458 g/mol. The molecule has 1 atom stereocenters. The zero-order valence-electron chi connectivity index (χ0n) is 17.9. The van der Waals surface area contributed by atoms with E-state index in [0.29, 0.717) is 47.8 Å². The molecule has 2 aromatic carbocycles. The van der Waals surface area contributed by atoms with Gasteiger partial charge in [0.2, 0.25) is 6.79 Å². The van der Waals surface area contributed by atoms with Crippen molar-refractivity contribution in [2.75, 3.05) is 25.3 Å². The molecule has 3 rings (SSSR count). The van der Waals surface area contributed by atoms with E-state index in [2.05, 4.69) is 5.32 Å². The topological polar surface area (TPSA) is 136 Å². The molecule has 10 heteroatoms. The Labute approximate surface area is 190 Å². The van der Waals surface area contributed by atoms with Gasteiger partial charge in [0.25, 0.3) is 5.91 Å². The number of carbonyl (C=O) groups excluding carboxylic acids is 2. The van der Waals surface area contributed by atoms with Crippen molar-refractivity contribution in [3.8, 4) is 17.2 Å². The van der Waals surface area contributed by atoms with Gasteiger partial charge in [-0.2, -0.15) is 0 Å². The van der Waals surface area contributed by atoms with E-state index in [1.54, 1.807) is 48.5 Å². The van der Waals surface area contributed by atoms with Crippen molar-refractivity contribution in [1.82, 2.24) is 5.48 Å². The normalized spacial score (nSPS) is 12.9. The van der Waals surface area contributed by atoms with Crippen LogP contribution in [0.2, 0.25) is 0 Å². The summed E-state index contributed by atoms with van der Waals surface area (Å²) in [5.74, 6) is 1.02. The maximum absolute atomic E-state index is 12.7. The Bertz CT molecular complexity index is 979. The molecule has 1 heterocycles. The molecule has 0 bridgehead atoms. The SMILES string of the molecule is O=C(/C=C/CCC[C@@H](OC(=O)Nc1ccc2c(c1)OCO2)c1ccccc1OCCO)NO. The number of aliphatic hydroxyl groups is 1. The predicted molar refractivity (Wildman–Crippen MR) is 117 cm³/mol. The molecule has 0 aliphatic carbocycles. The minimum atomic E-state index is -0.661. The number of allylic oxidation sites excluding steroid dienone is 1. The number of hydroxylamine groups is 1. The van der Waals surface area contributed by atoms with E-state index in [1.807, 2.05) is 0 Å². The number of para-hydroxylation sites is 1. The number of ether oxygens (including phenoxy) is 4. The van der Waals surface area contributed by atoms with Gasteiger partial charge in [-0.3, -0.25) is 15.3 Å². The first-order valence-electron chi connectivity index (χ1n) is 10.4. The van der Waals surface area contributed by atoms with E-state index < -0.39 is 18.1 Å². The van der Waals surface area contributed by atoms with Crippen molar-refractivity contribution in [1.29, 1.82) is 0 Å². The fourth-order valence-electron chi connectivity index (χ4n) is 3.21. The molecule has 10 nitrogen and oxygen atoms in total. The summed E-state index contributed by atoms with van der Waals surface area (Å²) in [6.45, 7) is 0.0820. The number of unbranched alkanes of at least 4 members (excludes halogenated alkanes) is 1. The van der Waals surface area contributed by atoms with Crippen LogP contribution in [0.1, 0.15) is 30.9 Å². The Morgan fingerprint density at radius 2 is 1.97 bits per heavy atom. The van der Waals surface area contributed by atoms with Gasteiger partial charge < -0.3 is 24.1 Å². The van der Waals surface area contributed by atoms with E-state index in [4.69, 9.17) is 29.3 Å². The second-order valence-corrected chi connectivity index (χ2v) is 7.01. The molecule has 0 saturated heterocycles. The Morgan fingerprint density at radius 3 is 2.79 bits per heavy atom. The number of rotatable bonds is 11. The predicted octanol–water partition coefficient (Wildman–Crippen LogP) is 3.31. The van der Waals surface area contributed by atoms with Crippen molar-refractivity contribution < 1.29 is 38.9 Å². The number of nitrogens with one attached hydrogen (secondary N) is 2. The number of aliphatic hydroxyl groups excluding tert-OH is 1. The number of hydrogen-bond donors (Lipinski definition) is 4. The van der Waals surface area contributed by atoms with Gasteiger partial charge in [-0.05, 0) is 37.5 Å². The van der Waals surface area contributed by atoms with Crippen LogP contribution in [0.25, 0.3) is 0 Å². The van der Waals surface area contributed by atoms with Crippen LogP contribution < -0.4 is 25.0 Å². The fourth-order valence-corrected chi connectivity index (χ4v) is 3.21. The Hall–Kier alpha value is -3.76. The average Bonchev–Trinajstić information content (AvgIpc) is 3.29. The lowest BCUT2D eigenvalue weighted by atomic mass is 10.0. The summed E-state index contributed by atoms with van der Waals surface area (Å²) >= 11 is 0. The third kappa shape index (κ3) is 7.13. The third-order valence-electron chi connectivity index (χ3n) is 4.70. The minimum absolute atomic E-state index is 0.103. The number of benzene rings is 2. The average molecular weight is 458 g/mol. The Balaban J connectivity index is 1.68. The molecule has 1 aliphatic rings. The van der Waals surface area contributed by atoms with Crippen molar-refractivity contribution >= 4 is 17.7 Å². The quantitative estimate of drug-likeness (QED) is 0.174. The summed E-state index contributed by atoms with van der Waals surface area (Å²) < 4.78 is 21.9. The molecule has 2 amide bonds. The fraction of sp³-hybridized carbons (Fsp3) is 0.304. The van der Waals surface area contributed by atoms with E-state index in [0.717, 1.165) is 0 Å². The van der Waals surface area contributed by atoms with Crippen LogP contribution in [-0.4, -0.2) is 42.3 Å². The largest absolute Gasteiger partial charge is 0.491 e. The van der Waals surface area contributed by atoms with Gasteiger partial charge in [0.15, 0.2) is 11.5 Å². The third-order valence-corrected chi connectivity index (χ3v) is 4.70. The molecule has 2 aromatic rings. The zero-order valence-corrected chi connectivity index (χ0v) is 17.9. The van der Waals surface area contributed by atoms with Gasteiger partial charge in [0.05, 0.1) is 6.61 Å². The van der Waals surface area contributed by atoms with Crippen LogP contribution >= 0.6 is 0 Å². The molecular weight excluding hydrogens is 432 g/mol. The molecule has 1 aliphatic heterocycles. The van der Waals surface area contributed by atoms with Gasteiger partial charge >= 0.3 is 6.09 Å². The Kier molecular flexibility index (Phi) is 8.92. The molecule has 0 spiro atoms. The molecule has 0 aromatic heterocycles. The van der Waals surface area contributed by atoms with Crippen LogP contribution in [0, 0.1) is 0 Å². The summed E-state index contributed by atoms with van der Waals surface area (Å²) in [6, 6.07) is 12.1. The number of hydrogen-bond acceptors (Lipinski definition) is 8. The van der Waals surface area contributed by atoms with Crippen LogP contribution in [0.15, 0.2) is 54.6 Å². The van der Waals surface area contributed by atoms with E-state index in [-0.39, 0.29) is 20.0 Å². The number of carbonyl (C=O) groups is 2. The summed E-state index contributed by atoms with van der Waals surface area (Å²) in [7, 11) is 0.